The molecule has 20 heavy (non-hydrogen) atoms. The number of aliphatic hydroxyl groups is 1. The van der Waals surface area contributed by atoms with Gasteiger partial charge in [-0.05, 0) is 25.7 Å². The summed E-state index contributed by atoms with van der Waals surface area (Å²) in [6.07, 6.45) is 3.14. The smallest absolute Gasteiger partial charge is 0.306 e. The first-order valence-electron chi connectivity index (χ1n) is 7.08. The van der Waals surface area contributed by atoms with E-state index in [1.54, 1.807) is 0 Å². The lowest BCUT2D eigenvalue weighted by Gasteiger charge is -2.33. The summed E-state index contributed by atoms with van der Waals surface area (Å²) in [5, 5.41) is 18.7. The molecule has 116 valence electrons. The molecule has 0 aromatic rings. The third kappa shape index (κ3) is 3.69. The maximum absolute atomic E-state index is 12.2. The van der Waals surface area contributed by atoms with Crippen LogP contribution >= 0.6 is 0 Å². The van der Waals surface area contributed by atoms with Crippen LogP contribution in [0.5, 0.6) is 0 Å². The Morgan fingerprint density at radius 3 is 2.25 bits per heavy atom. The normalized spacial score (nSPS) is 30.2. The van der Waals surface area contributed by atoms with Crippen LogP contribution in [0.4, 0.5) is 0 Å². The molecule has 3 N–H and O–H groups in total. The zero-order chi connectivity index (χ0) is 14.8. The molecule has 0 bridgehead atoms. The summed E-state index contributed by atoms with van der Waals surface area (Å²) >= 11 is 0. The van der Waals surface area contributed by atoms with Gasteiger partial charge in [0.05, 0.1) is 12.0 Å². The maximum atomic E-state index is 12.2. The van der Waals surface area contributed by atoms with Crippen molar-refractivity contribution in [2.75, 3.05) is 13.1 Å². The Balaban J connectivity index is 1.92. The van der Waals surface area contributed by atoms with Gasteiger partial charge in [-0.1, -0.05) is 12.8 Å². The molecule has 7 nitrogen and oxygen atoms in total. The molecule has 1 aliphatic heterocycles. The number of nitrogens with zero attached hydrogens (tertiary/aromatic N) is 1. The van der Waals surface area contributed by atoms with Gasteiger partial charge >= 0.3 is 5.97 Å². The standard InChI is InChI=1S/C12H22N2O5S/c15-11-4-2-1-3-10(11)13-20(18,19)14-7-5-9(6-8-14)12(16)17/h9-11,13,15H,1-8H2,(H,16,17)/t10-,11-/m0/s1. The SMILES string of the molecule is O=C(O)C1CCN(S(=O)(=O)N[C@H]2CCCC[C@@H]2O)CC1. The second kappa shape index (κ2) is 6.38. The van der Waals surface area contributed by atoms with Crippen molar-refractivity contribution < 1.29 is 23.4 Å². The van der Waals surface area contributed by atoms with E-state index in [1.807, 2.05) is 0 Å². The third-order valence-electron chi connectivity index (χ3n) is 4.17. The molecule has 0 aromatic heterocycles. The van der Waals surface area contributed by atoms with Crippen molar-refractivity contribution in [1.82, 2.24) is 9.03 Å². The number of piperidine rings is 1. The molecule has 1 heterocycles. The molecule has 1 saturated heterocycles. The Kier molecular flexibility index (Phi) is 5.00. The first-order valence-corrected chi connectivity index (χ1v) is 8.52. The van der Waals surface area contributed by atoms with E-state index in [0.717, 1.165) is 12.8 Å². The van der Waals surface area contributed by atoms with Crippen molar-refractivity contribution in [2.24, 2.45) is 5.92 Å². The van der Waals surface area contributed by atoms with Gasteiger partial charge in [-0.3, -0.25) is 4.79 Å². The van der Waals surface area contributed by atoms with Gasteiger partial charge in [-0.15, -0.1) is 0 Å². The summed E-state index contributed by atoms with van der Waals surface area (Å²) in [7, 11) is -3.63. The van der Waals surface area contributed by atoms with Crippen molar-refractivity contribution in [3.05, 3.63) is 0 Å². The van der Waals surface area contributed by atoms with E-state index in [1.165, 1.54) is 4.31 Å². The molecular weight excluding hydrogens is 284 g/mol. The molecule has 0 aromatic carbocycles. The molecule has 0 radical (unpaired) electrons. The third-order valence-corrected chi connectivity index (χ3v) is 5.82. The Bertz CT molecular complexity index is 445. The summed E-state index contributed by atoms with van der Waals surface area (Å²) in [6, 6.07) is -0.425. The minimum atomic E-state index is -3.63. The minimum Gasteiger partial charge on any atom is -0.481 e. The summed E-state index contributed by atoms with van der Waals surface area (Å²) in [5.41, 5.74) is 0. The highest BCUT2D eigenvalue weighted by molar-refractivity contribution is 7.87. The lowest BCUT2D eigenvalue weighted by Crippen LogP contribution is -2.52. The number of carboxylic acids is 1. The highest BCUT2D eigenvalue weighted by Crippen LogP contribution is 2.22. The van der Waals surface area contributed by atoms with Crippen LogP contribution in [0.3, 0.4) is 0 Å². The predicted octanol–water partition coefficient (Wildman–Crippen LogP) is -0.0791. The Morgan fingerprint density at radius 2 is 1.70 bits per heavy atom. The number of carboxylic acid groups (broad SMARTS) is 1. The molecule has 0 amide bonds. The van der Waals surface area contributed by atoms with Gasteiger partial charge in [0.25, 0.3) is 10.2 Å². The Morgan fingerprint density at radius 1 is 1.10 bits per heavy atom. The average Bonchev–Trinajstić information content (AvgIpc) is 2.41. The van der Waals surface area contributed by atoms with Crippen molar-refractivity contribution in [3.63, 3.8) is 0 Å². The van der Waals surface area contributed by atoms with Crippen molar-refractivity contribution in [1.29, 1.82) is 0 Å². The summed E-state index contributed by atoms with van der Waals surface area (Å²) < 4.78 is 28.3. The first kappa shape index (κ1) is 15.7. The van der Waals surface area contributed by atoms with Gasteiger partial charge < -0.3 is 10.2 Å². The number of carbonyl (C=O) groups is 1. The van der Waals surface area contributed by atoms with Crippen LogP contribution in [0.2, 0.25) is 0 Å². The largest absolute Gasteiger partial charge is 0.481 e. The predicted molar refractivity (Wildman–Crippen MR) is 72.3 cm³/mol. The fraction of sp³-hybridized carbons (Fsp3) is 0.917. The Hall–Kier alpha value is -0.700. The summed E-state index contributed by atoms with van der Waals surface area (Å²) in [5.74, 6) is -1.32. The number of hydrogen-bond donors (Lipinski definition) is 3. The van der Waals surface area contributed by atoms with E-state index >= 15 is 0 Å². The quantitative estimate of drug-likeness (QED) is 0.673. The molecule has 2 fully saturated rings. The first-order chi connectivity index (χ1) is 9.40. The van der Waals surface area contributed by atoms with E-state index in [9.17, 15) is 18.3 Å². The zero-order valence-corrected chi connectivity index (χ0v) is 12.2. The van der Waals surface area contributed by atoms with E-state index in [0.29, 0.717) is 25.7 Å². The van der Waals surface area contributed by atoms with Crippen LogP contribution in [0, 0.1) is 5.92 Å². The molecular formula is C12H22N2O5S. The molecule has 0 spiro atoms. The van der Waals surface area contributed by atoms with Gasteiger partial charge in [0, 0.05) is 19.1 Å². The molecule has 1 saturated carbocycles. The lowest BCUT2D eigenvalue weighted by molar-refractivity contribution is -0.142. The highest BCUT2D eigenvalue weighted by atomic mass is 32.2. The lowest BCUT2D eigenvalue weighted by atomic mass is 9.93. The minimum absolute atomic E-state index is 0.217. The number of aliphatic carboxylic acids is 1. The van der Waals surface area contributed by atoms with Crippen LogP contribution in [-0.4, -0.2) is 54.1 Å². The van der Waals surface area contributed by atoms with Crippen LogP contribution in [0.15, 0.2) is 0 Å². The van der Waals surface area contributed by atoms with E-state index in [4.69, 9.17) is 5.11 Å². The van der Waals surface area contributed by atoms with Crippen LogP contribution in [0.1, 0.15) is 38.5 Å². The fourth-order valence-electron chi connectivity index (χ4n) is 2.86. The number of aliphatic hydroxyl groups excluding tert-OH is 1. The van der Waals surface area contributed by atoms with Gasteiger partial charge in [-0.2, -0.15) is 17.4 Å². The van der Waals surface area contributed by atoms with Gasteiger partial charge in [0.1, 0.15) is 0 Å². The van der Waals surface area contributed by atoms with Crippen LogP contribution in [-0.2, 0) is 15.0 Å². The molecule has 0 unspecified atom stereocenters. The van der Waals surface area contributed by atoms with Gasteiger partial charge in [0.15, 0.2) is 0 Å². The van der Waals surface area contributed by atoms with E-state index in [2.05, 4.69) is 4.72 Å². The van der Waals surface area contributed by atoms with E-state index in [-0.39, 0.29) is 13.1 Å². The monoisotopic (exact) mass is 306 g/mol. The van der Waals surface area contributed by atoms with Crippen molar-refractivity contribution >= 4 is 16.2 Å². The molecule has 1 aliphatic carbocycles. The highest BCUT2D eigenvalue weighted by Gasteiger charge is 2.34. The Labute approximate surface area is 119 Å². The molecule has 2 rings (SSSR count). The average molecular weight is 306 g/mol. The van der Waals surface area contributed by atoms with Gasteiger partial charge in [0.2, 0.25) is 0 Å². The summed E-state index contributed by atoms with van der Waals surface area (Å²) in [6.45, 7) is 0.435. The van der Waals surface area contributed by atoms with Crippen molar-refractivity contribution in [3.8, 4) is 0 Å². The van der Waals surface area contributed by atoms with Gasteiger partial charge in [-0.25, -0.2) is 0 Å². The summed E-state index contributed by atoms with van der Waals surface area (Å²) in [4.78, 5) is 10.9. The van der Waals surface area contributed by atoms with Crippen LogP contribution < -0.4 is 4.72 Å². The maximum Gasteiger partial charge on any atom is 0.306 e. The second-order valence-corrected chi connectivity index (χ2v) is 7.29. The second-order valence-electron chi connectivity index (χ2n) is 5.59. The molecule has 2 aliphatic rings. The zero-order valence-electron chi connectivity index (χ0n) is 11.4. The molecule has 2 atom stereocenters. The van der Waals surface area contributed by atoms with E-state index < -0.39 is 34.2 Å². The fourth-order valence-corrected chi connectivity index (χ4v) is 4.36. The number of hydrogen-bond acceptors (Lipinski definition) is 4. The van der Waals surface area contributed by atoms with Crippen molar-refractivity contribution in [2.45, 2.75) is 50.7 Å². The number of rotatable bonds is 4. The van der Waals surface area contributed by atoms with Crippen LogP contribution in [0.25, 0.3) is 0 Å². The molecule has 8 heteroatoms. The topological polar surface area (TPSA) is 107 Å². The number of nitrogens with one attached hydrogen (secondary N) is 1.